The third kappa shape index (κ3) is 2.28. The van der Waals surface area contributed by atoms with Crippen LogP contribution in [0.25, 0.3) is 22.2 Å². The molecule has 3 rings (SSSR count). The van der Waals surface area contributed by atoms with Crippen molar-refractivity contribution in [3.8, 4) is 11.1 Å². The molecule has 3 heterocycles. The van der Waals surface area contributed by atoms with Crippen molar-refractivity contribution in [3.05, 3.63) is 41.9 Å². The summed E-state index contributed by atoms with van der Waals surface area (Å²) in [6.07, 6.45) is 3.42. The summed E-state index contributed by atoms with van der Waals surface area (Å²) >= 11 is 5.85. The van der Waals surface area contributed by atoms with Gasteiger partial charge in [-0.05, 0) is 17.7 Å². The number of amides is 1. The predicted molar refractivity (Wildman–Crippen MR) is 73.9 cm³/mol. The average Bonchev–Trinajstić information content (AvgIpc) is 2.81. The highest BCUT2D eigenvalue weighted by Gasteiger charge is 2.11. The Bertz CT molecular complexity index is 800. The molecule has 0 atom stereocenters. The number of hydrogen-bond acceptors (Lipinski definition) is 4. The Labute approximate surface area is 118 Å². The van der Waals surface area contributed by atoms with Crippen LogP contribution in [0.15, 0.2) is 41.3 Å². The second-order valence-corrected chi connectivity index (χ2v) is 4.45. The molecular weight excluding hydrogens is 282 g/mol. The molecule has 7 heteroatoms. The zero-order valence-corrected chi connectivity index (χ0v) is 10.8. The molecule has 100 valence electrons. The summed E-state index contributed by atoms with van der Waals surface area (Å²) < 4.78 is 5.40. The minimum absolute atomic E-state index is 0.235. The van der Waals surface area contributed by atoms with Gasteiger partial charge in [0.1, 0.15) is 17.6 Å². The van der Waals surface area contributed by atoms with E-state index in [4.69, 9.17) is 21.1 Å². The van der Waals surface area contributed by atoms with E-state index in [9.17, 15) is 4.79 Å². The largest absolute Gasteiger partial charge is 0.465 e. The van der Waals surface area contributed by atoms with E-state index >= 15 is 0 Å². The highest BCUT2D eigenvalue weighted by Crippen LogP contribution is 2.30. The number of halogens is 1. The number of hydrogen-bond donors (Lipinski definition) is 2. The summed E-state index contributed by atoms with van der Waals surface area (Å²) in [6, 6.07) is 5.02. The lowest BCUT2D eigenvalue weighted by atomic mass is 10.1. The molecule has 0 aromatic carbocycles. The molecule has 0 aliphatic carbocycles. The van der Waals surface area contributed by atoms with Gasteiger partial charge in [0.25, 0.3) is 0 Å². The molecule has 3 aromatic rings. The van der Waals surface area contributed by atoms with E-state index in [1.807, 2.05) is 0 Å². The number of furan rings is 1. The Kier molecular flexibility index (Phi) is 3.00. The second kappa shape index (κ2) is 4.82. The number of pyridine rings is 2. The van der Waals surface area contributed by atoms with Gasteiger partial charge in [0.2, 0.25) is 0 Å². The van der Waals surface area contributed by atoms with Crippen LogP contribution >= 0.6 is 11.6 Å². The Morgan fingerprint density at radius 1 is 1.35 bits per heavy atom. The third-order valence-corrected chi connectivity index (χ3v) is 2.89. The lowest BCUT2D eigenvalue weighted by molar-refractivity contribution is 0.209. The average molecular weight is 290 g/mol. The van der Waals surface area contributed by atoms with Crippen LogP contribution in [0.2, 0.25) is 5.02 Å². The van der Waals surface area contributed by atoms with Crippen LogP contribution in [0.4, 0.5) is 10.6 Å². The number of rotatable bonds is 2. The van der Waals surface area contributed by atoms with Crippen molar-refractivity contribution in [2.75, 3.05) is 5.32 Å². The highest BCUT2D eigenvalue weighted by atomic mass is 35.5. The van der Waals surface area contributed by atoms with Gasteiger partial charge >= 0.3 is 6.09 Å². The van der Waals surface area contributed by atoms with Crippen molar-refractivity contribution in [1.82, 2.24) is 9.97 Å². The van der Waals surface area contributed by atoms with E-state index in [2.05, 4.69) is 15.3 Å². The molecule has 1 amide bonds. The molecule has 0 saturated heterocycles. The highest BCUT2D eigenvalue weighted by molar-refractivity contribution is 6.31. The van der Waals surface area contributed by atoms with Gasteiger partial charge < -0.3 is 9.52 Å². The van der Waals surface area contributed by atoms with Gasteiger partial charge in [-0.1, -0.05) is 11.6 Å². The molecule has 2 N–H and O–H groups in total. The summed E-state index contributed by atoms with van der Waals surface area (Å²) in [5, 5.41) is 11.4. The molecule has 0 radical (unpaired) electrons. The number of carboxylic acid groups (broad SMARTS) is 1. The zero-order chi connectivity index (χ0) is 14.1. The van der Waals surface area contributed by atoms with Crippen LogP contribution in [-0.2, 0) is 0 Å². The van der Waals surface area contributed by atoms with Crippen LogP contribution in [0.1, 0.15) is 0 Å². The summed E-state index contributed by atoms with van der Waals surface area (Å²) in [7, 11) is 0. The molecule has 0 bridgehead atoms. The Morgan fingerprint density at radius 3 is 3.00 bits per heavy atom. The van der Waals surface area contributed by atoms with Gasteiger partial charge in [-0.2, -0.15) is 0 Å². The van der Waals surface area contributed by atoms with Crippen molar-refractivity contribution in [2.24, 2.45) is 0 Å². The molecule has 6 nitrogen and oxygen atoms in total. The maximum Gasteiger partial charge on any atom is 0.410 e. The van der Waals surface area contributed by atoms with Gasteiger partial charge in [-0.3, -0.25) is 10.3 Å². The quantitative estimate of drug-likeness (QED) is 0.752. The normalized spacial score (nSPS) is 10.7. The molecule has 0 aliphatic rings. The van der Waals surface area contributed by atoms with Gasteiger partial charge in [-0.15, -0.1) is 0 Å². The fourth-order valence-corrected chi connectivity index (χ4v) is 2.02. The van der Waals surface area contributed by atoms with Crippen molar-refractivity contribution in [2.45, 2.75) is 0 Å². The van der Waals surface area contributed by atoms with Crippen molar-refractivity contribution < 1.29 is 14.3 Å². The SMILES string of the molecule is O=C(O)Nc1cc(-c2coc3cc(Cl)cnc23)ccn1. The Hall–Kier alpha value is -2.60. The lowest BCUT2D eigenvalue weighted by Crippen LogP contribution is -2.08. The number of anilines is 1. The first-order valence-corrected chi connectivity index (χ1v) is 6.00. The van der Waals surface area contributed by atoms with E-state index in [-0.39, 0.29) is 5.82 Å². The fraction of sp³-hybridized carbons (Fsp3) is 0. The minimum atomic E-state index is -1.17. The van der Waals surface area contributed by atoms with Gasteiger partial charge in [0, 0.05) is 24.0 Å². The van der Waals surface area contributed by atoms with Crippen LogP contribution in [0.5, 0.6) is 0 Å². The molecule has 0 fully saturated rings. The molecule has 20 heavy (non-hydrogen) atoms. The second-order valence-electron chi connectivity index (χ2n) is 4.01. The Morgan fingerprint density at radius 2 is 2.20 bits per heavy atom. The standard InChI is InChI=1S/C13H8ClN3O3/c14-8-4-10-12(16-5-8)9(6-20-10)7-1-2-15-11(3-7)17-13(18)19/h1-6H,(H,15,17)(H,18,19). The summed E-state index contributed by atoms with van der Waals surface area (Å²) in [5.41, 5.74) is 2.71. The van der Waals surface area contributed by atoms with Crippen LogP contribution in [0.3, 0.4) is 0 Å². The van der Waals surface area contributed by atoms with Crippen molar-refractivity contribution in [1.29, 1.82) is 0 Å². The van der Waals surface area contributed by atoms with Crippen LogP contribution in [0, 0.1) is 0 Å². The minimum Gasteiger partial charge on any atom is -0.465 e. The van der Waals surface area contributed by atoms with Crippen LogP contribution in [-0.4, -0.2) is 21.2 Å². The summed E-state index contributed by atoms with van der Waals surface area (Å²) in [6.45, 7) is 0. The maximum atomic E-state index is 10.6. The number of aromatic nitrogens is 2. The first kappa shape index (κ1) is 12.4. The third-order valence-electron chi connectivity index (χ3n) is 2.68. The van der Waals surface area contributed by atoms with E-state index in [0.29, 0.717) is 16.1 Å². The Balaban J connectivity index is 2.09. The first-order chi connectivity index (χ1) is 9.63. The van der Waals surface area contributed by atoms with Crippen LogP contribution < -0.4 is 5.32 Å². The van der Waals surface area contributed by atoms with E-state index in [0.717, 1.165) is 11.1 Å². The van der Waals surface area contributed by atoms with Gasteiger partial charge in [0.15, 0.2) is 5.58 Å². The summed E-state index contributed by atoms with van der Waals surface area (Å²) in [4.78, 5) is 18.8. The molecule has 0 aliphatic heterocycles. The molecule has 3 aromatic heterocycles. The lowest BCUT2D eigenvalue weighted by Gasteiger charge is -2.02. The number of fused-ring (bicyclic) bond motifs is 1. The van der Waals surface area contributed by atoms with E-state index in [1.165, 1.54) is 12.4 Å². The number of nitrogens with one attached hydrogen (secondary N) is 1. The molecule has 0 spiro atoms. The molecule has 0 unspecified atom stereocenters. The van der Waals surface area contributed by atoms with E-state index in [1.54, 1.807) is 24.5 Å². The topological polar surface area (TPSA) is 88.2 Å². The number of nitrogens with zero attached hydrogens (tertiary/aromatic N) is 2. The van der Waals surface area contributed by atoms with Gasteiger partial charge in [-0.25, -0.2) is 9.78 Å². The summed E-state index contributed by atoms with van der Waals surface area (Å²) in [5.74, 6) is 0.235. The molecular formula is C13H8ClN3O3. The first-order valence-electron chi connectivity index (χ1n) is 5.62. The predicted octanol–water partition coefficient (Wildman–Crippen LogP) is 3.63. The number of carbonyl (C=O) groups is 1. The smallest absolute Gasteiger partial charge is 0.410 e. The monoisotopic (exact) mass is 289 g/mol. The van der Waals surface area contributed by atoms with Gasteiger partial charge in [0.05, 0.1) is 5.02 Å². The van der Waals surface area contributed by atoms with E-state index < -0.39 is 6.09 Å². The maximum absolute atomic E-state index is 10.6. The zero-order valence-electron chi connectivity index (χ0n) is 10.0. The molecule has 0 saturated carbocycles. The van der Waals surface area contributed by atoms with Crippen molar-refractivity contribution in [3.63, 3.8) is 0 Å². The fourth-order valence-electron chi connectivity index (χ4n) is 1.87. The van der Waals surface area contributed by atoms with Crippen molar-refractivity contribution >= 4 is 34.6 Å².